The molecule has 1 amide bonds. The highest BCUT2D eigenvalue weighted by Crippen LogP contribution is 2.20. The minimum Gasteiger partial charge on any atom is -0.508 e. The largest absolute Gasteiger partial charge is 0.508 e. The zero-order chi connectivity index (χ0) is 19.5. The molecule has 0 spiro atoms. The van der Waals surface area contributed by atoms with Crippen LogP contribution in [0.4, 0.5) is 0 Å². The molecule has 0 unspecified atom stereocenters. The van der Waals surface area contributed by atoms with Gasteiger partial charge in [-0.1, -0.05) is 18.2 Å². The number of aromatic nitrogens is 2. The number of benzene rings is 2. The molecule has 1 N–H and O–H groups in total. The summed E-state index contributed by atoms with van der Waals surface area (Å²) in [6.45, 7) is 5.43. The normalized spacial score (nSPS) is 15.0. The molecule has 0 bridgehead atoms. The Morgan fingerprint density at radius 3 is 2.57 bits per heavy atom. The van der Waals surface area contributed by atoms with Crippen LogP contribution < -0.4 is 0 Å². The summed E-state index contributed by atoms with van der Waals surface area (Å²) in [5, 5.41) is 17.5. The first-order chi connectivity index (χ1) is 13.6. The van der Waals surface area contributed by atoms with E-state index in [-0.39, 0.29) is 11.7 Å². The minimum absolute atomic E-state index is 0.00935. The third kappa shape index (κ3) is 4.04. The third-order valence-electron chi connectivity index (χ3n) is 4.86. The monoisotopic (exact) mass is 378 g/mol. The van der Waals surface area contributed by atoms with E-state index in [1.165, 1.54) is 0 Å². The third-order valence-corrected chi connectivity index (χ3v) is 4.86. The van der Waals surface area contributed by atoms with Gasteiger partial charge in [-0.05, 0) is 35.9 Å². The van der Waals surface area contributed by atoms with Gasteiger partial charge in [0, 0.05) is 50.8 Å². The summed E-state index contributed by atoms with van der Waals surface area (Å²) < 4.78 is 5.46. The molecule has 0 atom stereocenters. The lowest BCUT2D eigenvalue weighted by Gasteiger charge is -2.34. The molecule has 0 aliphatic carbocycles. The maximum absolute atomic E-state index is 12.9. The molecule has 28 heavy (non-hydrogen) atoms. The summed E-state index contributed by atoms with van der Waals surface area (Å²) >= 11 is 0. The SMILES string of the molecule is Cc1nnc(-c2cccc(C(=O)N3CCN(Cc4cccc(O)c4)CC3)c2)o1. The van der Waals surface area contributed by atoms with Gasteiger partial charge in [-0.15, -0.1) is 10.2 Å². The van der Waals surface area contributed by atoms with Crippen LogP contribution >= 0.6 is 0 Å². The van der Waals surface area contributed by atoms with E-state index >= 15 is 0 Å². The second kappa shape index (κ2) is 7.82. The molecular formula is C21H22N4O3. The second-order valence-corrected chi connectivity index (χ2v) is 6.95. The van der Waals surface area contributed by atoms with E-state index < -0.39 is 0 Å². The smallest absolute Gasteiger partial charge is 0.253 e. The molecule has 7 heteroatoms. The molecule has 0 radical (unpaired) electrons. The summed E-state index contributed by atoms with van der Waals surface area (Å²) in [6.07, 6.45) is 0. The lowest BCUT2D eigenvalue weighted by molar-refractivity contribution is 0.0628. The number of phenolic OH excluding ortho intramolecular Hbond substituents is 1. The van der Waals surface area contributed by atoms with Crippen LogP contribution in [0.2, 0.25) is 0 Å². The van der Waals surface area contributed by atoms with E-state index in [9.17, 15) is 9.90 Å². The molecule has 0 saturated carbocycles. The number of piperazine rings is 1. The minimum atomic E-state index is 0.00935. The van der Waals surface area contributed by atoms with Crippen LogP contribution in [-0.2, 0) is 6.54 Å². The Kier molecular flexibility index (Phi) is 5.08. The van der Waals surface area contributed by atoms with Crippen LogP contribution in [0, 0.1) is 6.92 Å². The summed E-state index contributed by atoms with van der Waals surface area (Å²) in [7, 11) is 0. The maximum Gasteiger partial charge on any atom is 0.253 e. The summed E-state index contributed by atoms with van der Waals surface area (Å²) in [4.78, 5) is 17.1. The number of nitrogens with zero attached hydrogens (tertiary/aromatic N) is 4. The van der Waals surface area contributed by atoms with Gasteiger partial charge in [0.2, 0.25) is 11.8 Å². The van der Waals surface area contributed by atoms with Crippen LogP contribution in [0.25, 0.3) is 11.5 Å². The first-order valence-corrected chi connectivity index (χ1v) is 9.28. The summed E-state index contributed by atoms with van der Waals surface area (Å²) in [5.41, 5.74) is 2.44. The molecular weight excluding hydrogens is 356 g/mol. The fourth-order valence-electron chi connectivity index (χ4n) is 3.40. The highest BCUT2D eigenvalue weighted by atomic mass is 16.4. The van der Waals surface area contributed by atoms with Crippen LogP contribution in [0.3, 0.4) is 0 Å². The molecule has 4 rings (SSSR count). The zero-order valence-corrected chi connectivity index (χ0v) is 15.7. The van der Waals surface area contributed by atoms with Gasteiger partial charge >= 0.3 is 0 Å². The van der Waals surface area contributed by atoms with Gasteiger partial charge in [-0.3, -0.25) is 9.69 Å². The Bertz CT molecular complexity index is 977. The van der Waals surface area contributed by atoms with Crippen molar-refractivity contribution >= 4 is 5.91 Å². The fourth-order valence-corrected chi connectivity index (χ4v) is 3.40. The van der Waals surface area contributed by atoms with Gasteiger partial charge in [0.15, 0.2) is 0 Å². The molecule has 2 heterocycles. The highest BCUT2D eigenvalue weighted by molar-refractivity contribution is 5.95. The average molecular weight is 378 g/mol. The lowest BCUT2D eigenvalue weighted by atomic mass is 10.1. The Morgan fingerprint density at radius 1 is 1.07 bits per heavy atom. The Hall–Kier alpha value is -3.19. The lowest BCUT2D eigenvalue weighted by Crippen LogP contribution is -2.48. The zero-order valence-electron chi connectivity index (χ0n) is 15.7. The first kappa shape index (κ1) is 18.2. The van der Waals surface area contributed by atoms with Crippen molar-refractivity contribution in [2.75, 3.05) is 26.2 Å². The van der Waals surface area contributed by atoms with Crippen LogP contribution in [-0.4, -0.2) is 57.2 Å². The van der Waals surface area contributed by atoms with E-state index in [4.69, 9.17) is 4.42 Å². The van der Waals surface area contributed by atoms with Crippen LogP contribution in [0.5, 0.6) is 5.75 Å². The predicted octanol–water partition coefficient (Wildman–Crippen LogP) is 2.71. The first-order valence-electron chi connectivity index (χ1n) is 9.28. The van der Waals surface area contributed by atoms with Crippen molar-refractivity contribution in [3.05, 3.63) is 65.5 Å². The predicted molar refractivity (Wildman–Crippen MR) is 104 cm³/mol. The Balaban J connectivity index is 1.39. The number of carbonyl (C=O) groups is 1. The topological polar surface area (TPSA) is 82.7 Å². The molecule has 1 aliphatic rings. The number of phenols is 1. The van der Waals surface area contributed by atoms with Crippen LogP contribution in [0.1, 0.15) is 21.8 Å². The summed E-state index contributed by atoms with van der Waals surface area (Å²) in [5.74, 6) is 1.20. The number of hydrogen-bond acceptors (Lipinski definition) is 6. The van der Waals surface area contributed by atoms with E-state index in [1.807, 2.05) is 35.2 Å². The van der Waals surface area contributed by atoms with Crippen molar-refractivity contribution < 1.29 is 14.3 Å². The Morgan fingerprint density at radius 2 is 1.86 bits per heavy atom. The van der Waals surface area contributed by atoms with Gasteiger partial charge in [0.1, 0.15) is 5.75 Å². The number of carbonyl (C=O) groups excluding carboxylic acids is 1. The van der Waals surface area contributed by atoms with Crippen LogP contribution in [0.15, 0.2) is 52.9 Å². The standard InChI is InChI=1S/C21H22N4O3/c1-15-22-23-20(28-15)17-5-3-6-18(13-17)21(27)25-10-8-24(9-11-25)14-16-4-2-7-19(26)12-16/h2-7,12-13,26H,8-11,14H2,1H3. The van der Waals surface area contributed by atoms with Gasteiger partial charge < -0.3 is 14.4 Å². The van der Waals surface area contributed by atoms with Gasteiger partial charge in [-0.2, -0.15) is 0 Å². The van der Waals surface area contributed by atoms with E-state index in [2.05, 4.69) is 15.1 Å². The molecule has 1 fully saturated rings. The molecule has 144 valence electrons. The van der Waals surface area contributed by atoms with Gasteiger partial charge in [-0.25, -0.2) is 0 Å². The fraction of sp³-hybridized carbons (Fsp3) is 0.286. The second-order valence-electron chi connectivity index (χ2n) is 6.95. The van der Waals surface area contributed by atoms with Gasteiger partial charge in [0.25, 0.3) is 5.91 Å². The van der Waals surface area contributed by atoms with Crippen molar-refractivity contribution in [3.63, 3.8) is 0 Å². The average Bonchev–Trinajstić information content (AvgIpc) is 3.15. The molecule has 1 saturated heterocycles. The van der Waals surface area contributed by atoms with Gasteiger partial charge in [0.05, 0.1) is 0 Å². The molecule has 7 nitrogen and oxygen atoms in total. The summed E-state index contributed by atoms with van der Waals surface area (Å²) in [6, 6.07) is 14.6. The van der Waals surface area contributed by atoms with E-state index in [0.29, 0.717) is 30.4 Å². The number of amides is 1. The van der Waals surface area contributed by atoms with Crippen molar-refractivity contribution in [3.8, 4) is 17.2 Å². The molecule has 1 aromatic heterocycles. The van der Waals surface area contributed by atoms with E-state index in [0.717, 1.165) is 30.8 Å². The van der Waals surface area contributed by atoms with Crippen molar-refractivity contribution in [1.82, 2.24) is 20.0 Å². The highest BCUT2D eigenvalue weighted by Gasteiger charge is 2.22. The van der Waals surface area contributed by atoms with E-state index in [1.54, 1.807) is 25.1 Å². The molecule has 1 aliphatic heterocycles. The molecule has 2 aromatic carbocycles. The molecule has 3 aromatic rings. The van der Waals surface area contributed by atoms with Crippen molar-refractivity contribution in [2.24, 2.45) is 0 Å². The van der Waals surface area contributed by atoms with Crippen molar-refractivity contribution in [2.45, 2.75) is 13.5 Å². The number of hydrogen-bond donors (Lipinski definition) is 1. The number of aromatic hydroxyl groups is 1. The van der Waals surface area contributed by atoms with Crippen molar-refractivity contribution in [1.29, 1.82) is 0 Å². The number of aryl methyl sites for hydroxylation is 1. The maximum atomic E-state index is 12.9. The number of rotatable bonds is 4. The Labute approximate surface area is 163 Å². The quantitative estimate of drug-likeness (QED) is 0.752.